The molecule has 0 aromatic carbocycles. The van der Waals surface area contributed by atoms with Gasteiger partial charge in [0.05, 0.1) is 0 Å². The van der Waals surface area contributed by atoms with Gasteiger partial charge in [-0.15, -0.1) is 0 Å². The van der Waals surface area contributed by atoms with Crippen LogP contribution < -0.4 is 16.6 Å². The molecule has 146 valence electrons. The second kappa shape index (κ2) is 6.94. The highest BCUT2D eigenvalue weighted by atomic mass is 32.2. The summed E-state index contributed by atoms with van der Waals surface area (Å²) in [6.07, 6.45) is 6.68. The van der Waals surface area contributed by atoms with E-state index in [-0.39, 0.29) is 10.9 Å². The van der Waals surface area contributed by atoms with E-state index >= 15 is 0 Å². The van der Waals surface area contributed by atoms with Crippen LogP contribution in [0.4, 0.5) is 0 Å². The third-order valence-electron chi connectivity index (χ3n) is 5.80. The van der Waals surface area contributed by atoms with Crippen molar-refractivity contribution >= 4 is 10.0 Å². The van der Waals surface area contributed by atoms with Crippen LogP contribution in [0.25, 0.3) is 0 Å². The number of aromatic nitrogens is 2. The lowest BCUT2D eigenvalue weighted by atomic mass is 9.80. The SMILES string of the molecule is CCN[C@H]1CN(S(=O)(=O)c2cn(C)c(=O)n(C)c2=O)C2(CCCCC2)C1. The zero-order chi connectivity index (χ0) is 19.1. The number of hydrogen-bond donors (Lipinski definition) is 1. The van der Waals surface area contributed by atoms with E-state index in [1.807, 2.05) is 6.92 Å². The number of hydrogen-bond acceptors (Lipinski definition) is 5. The molecule has 1 N–H and O–H groups in total. The number of aryl methyl sites for hydroxylation is 1. The summed E-state index contributed by atoms with van der Waals surface area (Å²) in [6.45, 7) is 3.14. The minimum atomic E-state index is -3.99. The smallest absolute Gasteiger partial charge is 0.313 e. The maximum absolute atomic E-state index is 13.5. The van der Waals surface area contributed by atoms with Crippen molar-refractivity contribution in [3.8, 4) is 0 Å². The van der Waals surface area contributed by atoms with E-state index in [4.69, 9.17) is 0 Å². The molecule has 0 bridgehead atoms. The van der Waals surface area contributed by atoms with Gasteiger partial charge in [0.25, 0.3) is 15.6 Å². The Morgan fingerprint density at radius 3 is 2.46 bits per heavy atom. The summed E-state index contributed by atoms with van der Waals surface area (Å²) in [5.41, 5.74) is -1.72. The van der Waals surface area contributed by atoms with Crippen molar-refractivity contribution in [3.05, 3.63) is 27.0 Å². The normalized spacial score (nSPS) is 23.6. The first-order chi connectivity index (χ1) is 12.2. The summed E-state index contributed by atoms with van der Waals surface area (Å²) < 4.78 is 30.5. The van der Waals surface area contributed by atoms with Gasteiger partial charge in [0.15, 0.2) is 4.90 Å². The summed E-state index contributed by atoms with van der Waals surface area (Å²) in [5, 5.41) is 3.37. The third-order valence-corrected chi connectivity index (χ3v) is 7.75. The van der Waals surface area contributed by atoms with Gasteiger partial charge in [0.2, 0.25) is 0 Å². The summed E-state index contributed by atoms with van der Waals surface area (Å²) in [7, 11) is -1.22. The molecular weight excluding hydrogens is 356 g/mol. The molecule has 0 unspecified atom stereocenters. The zero-order valence-electron chi connectivity index (χ0n) is 15.7. The van der Waals surface area contributed by atoms with Gasteiger partial charge in [-0.3, -0.25) is 9.36 Å². The molecule has 0 amide bonds. The summed E-state index contributed by atoms with van der Waals surface area (Å²) in [4.78, 5) is 24.2. The van der Waals surface area contributed by atoms with Crippen LogP contribution in [0.15, 0.2) is 20.7 Å². The monoisotopic (exact) mass is 384 g/mol. The fourth-order valence-corrected chi connectivity index (χ4v) is 6.56. The van der Waals surface area contributed by atoms with Crippen molar-refractivity contribution in [2.75, 3.05) is 13.1 Å². The largest absolute Gasteiger partial charge is 0.330 e. The number of sulfonamides is 1. The molecule has 2 aliphatic rings. The van der Waals surface area contributed by atoms with Crippen LogP contribution >= 0.6 is 0 Å². The number of nitrogens with one attached hydrogen (secondary N) is 1. The van der Waals surface area contributed by atoms with Crippen LogP contribution in [0, 0.1) is 0 Å². The Morgan fingerprint density at radius 2 is 1.85 bits per heavy atom. The van der Waals surface area contributed by atoms with E-state index in [2.05, 4.69) is 5.32 Å². The third kappa shape index (κ3) is 3.05. The lowest BCUT2D eigenvalue weighted by Crippen LogP contribution is -2.50. The molecule has 1 aromatic rings. The molecule has 8 nitrogen and oxygen atoms in total. The van der Waals surface area contributed by atoms with Gasteiger partial charge in [0.1, 0.15) is 0 Å². The Kier molecular flexibility index (Phi) is 5.15. The highest BCUT2D eigenvalue weighted by molar-refractivity contribution is 7.89. The Balaban J connectivity index is 2.10. The van der Waals surface area contributed by atoms with E-state index < -0.39 is 26.8 Å². The molecule has 2 heterocycles. The molecule has 1 saturated carbocycles. The van der Waals surface area contributed by atoms with Gasteiger partial charge in [-0.2, -0.15) is 4.31 Å². The lowest BCUT2D eigenvalue weighted by Gasteiger charge is -2.40. The molecule has 1 aliphatic carbocycles. The summed E-state index contributed by atoms with van der Waals surface area (Å²) in [5.74, 6) is 0. The van der Waals surface area contributed by atoms with E-state index in [9.17, 15) is 18.0 Å². The average Bonchev–Trinajstić information content (AvgIpc) is 2.95. The molecule has 1 aliphatic heterocycles. The highest BCUT2D eigenvalue weighted by Crippen LogP contribution is 2.44. The minimum Gasteiger partial charge on any atom is -0.313 e. The van der Waals surface area contributed by atoms with Crippen LogP contribution in [0.3, 0.4) is 0 Å². The van der Waals surface area contributed by atoms with E-state index in [1.54, 1.807) is 4.31 Å². The first-order valence-electron chi connectivity index (χ1n) is 9.26. The van der Waals surface area contributed by atoms with Crippen molar-refractivity contribution in [2.45, 2.75) is 61.9 Å². The highest BCUT2D eigenvalue weighted by Gasteiger charge is 2.51. The van der Waals surface area contributed by atoms with Crippen LogP contribution in [-0.2, 0) is 24.1 Å². The molecule has 0 radical (unpaired) electrons. The molecule has 9 heteroatoms. The molecule has 2 fully saturated rings. The molecule has 1 atom stereocenters. The van der Waals surface area contributed by atoms with Gasteiger partial charge in [-0.05, 0) is 25.8 Å². The van der Waals surface area contributed by atoms with Crippen molar-refractivity contribution in [3.63, 3.8) is 0 Å². The molecule has 3 rings (SSSR count). The van der Waals surface area contributed by atoms with Crippen LogP contribution in [0.1, 0.15) is 45.4 Å². The molecule has 26 heavy (non-hydrogen) atoms. The van der Waals surface area contributed by atoms with Crippen LogP contribution in [0.5, 0.6) is 0 Å². The predicted octanol–water partition coefficient (Wildman–Crippen LogP) is 0.159. The number of likely N-dealkylation sites (N-methyl/N-ethyl adjacent to an activating group) is 1. The van der Waals surface area contributed by atoms with Gasteiger partial charge in [0, 0.05) is 38.4 Å². The van der Waals surface area contributed by atoms with Gasteiger partial charge >= 0.3 is 5.69 Å². The van der Waals surface area contributed by atoms with Crippen molar-refractivity contribution in [1.29, 1.82) is 0 Å². The van der Waals surface area contributed by atoms with Crippen molar-refractivity contribution in [1.82, 2.24) is 18.8 Å². The van der Waals surface area contributed by atoms with Crippen LogP contribution in [-0.4, -0.2) is 46.5 Å². The van der Waals surface area contributed by atoms with Crippen LogP contribution in [0.2, 0.25) is 0 Å². The summed E-state index contributed by atoms with van der Waals surface area (Å²) in [6, 6.07) is 0.0873. The fraction of sp³-hybridized carbons (Fsp3) is 0.765. The molecule has 1 spiro atoms. The van der Waals surface area contributed by atoms with Crippen molar-refractivity contribution in [2.24, 2.45) is 14.1 Å². The quantitative estimate of drug-likeness (QED) is 0.798. The molecule has 1 aromatic heterocycles. The Bertz CT molecular complexity index is 896. The van der Waals surface area contributed by atoms with E-state index in [1.165, 1.54) is 14.1 Å². The number of rotatable bonds is 4. The maximum atomic E-state index is 13.5. The zero-order valence-corrected chi connectivity index (χ0v) is 16.5. The van der Waals surface area contributed by atoms with Gasteiger partial charge in [-0.25, -0.2) is 13.2 Å². The minimum absolute atomic E-state index is 0.0873. The predicted molar refractivity (Wildman–Crippen MR) is 98.7 cm³/mol. The first kappa shape index (κ1) is 19.3. The summed E-state index contributed by atoms with van der Waals surface area (Å²) >= 11 is 0. The number of nitrogens with zero attached hydrogens (tertiary/aromatic N) is 3. The topological polar surface area (TPSA) is 93.4 Å². The molecule has 1 saturated heterocycles. The van der Waals surface area contributed by atoms with E-state index in [0.717, 1.165) is 60.4 Å². The Morgan fingerprint density at radius 1 is 1.19 bits per heavy atom. The average molecular weight is 385 g/mol. The maximum Gasteiger partial charge on any atom is 0.330 e. The second-order valence-electron chi connectivity index (χ2n) is 7.53. The Hall–Kier alpha value is -1.45. The molecular formula is C17H28N4O4S. The fourth-order valence-electron chi connectivity index (χ4n) is 4.53. The standard InChI is InChI=1S/C17H28N4O4S/c1-4-18-13-10-17(8-6-5-7-9-17)21(11-13)26(24,25)14-12-19(2)16(23)20(3)15(14)22/h12-13,18H,4-11H2,1-3H3/t13-/m1/s1. The van der Waals surface area contributed by atoms with E-state index in [0.29, 0.717) is 6.54 Å². The second-order valence-corrected chi connectivity index (χ2v) is 9.36. The first-order valence-corrected chi connectivity index (χ1v) is 10.7. The van der Waals surface area contributed by atoms with Gasteiger partial charge < -0.3 is 9.88 Å². The Labute approximate surface area is 153 Å². The van der Waals surface area contributed by atoms with Crippen molar-refractivity contribution < 1.29 is 8.42 Å². The van der Waals surface area contributed by atoms with Gasteiger partial charge in [-0.1, -0.05) is 26.2 Å². The lowest BCUT2D eigenvalue weighted by molar-refractivity contribution is 0.170.